The summed E-state index contributed by atoms with van der Waals surface area (Å²) in [6.45, 7) is 0. The molecule has 0 aliphatic heterocycles. The number of aromatic nitrogens is 1. The Morgan fingerprint density at radius 2 is 1.69 bits per heavy atom. The van der Waals surface area contributed by atoms with E-state index in [4.69, 9.17) is 0 Å². The predicted molar refractivity (Wildman–Crippen MR) is 95.3 cm³/mol. The highest BCUT2D eigenvalue weighted by atomic mass is 32.1. The standard InChI is InChI=1S/C16H10N4O5S/c21-15(11-2-1-3-13(8-11)20(24)25)18-16-17-14(9-26-16)10-4-6-12(7-5-10)19(22)23/h1-9H,(H,17,18,21). The molecule has 0 radical (unpaired) electrons. The number of carbonyl (C=O) groups excluding carboxylic acids is 1. The topological polar surface area (TPSA) is 128 Å². The summed E-state index contributed by atoms with van der Waals surface area (Å²) in [7, 11) is 0. The predicted octanol–water partition coefficient (Wildman–Crippen LogP) is 3.88. The number of non-ortho nitro benzene ring substituents is 2. The number of thiazole rings is 1. The molecule has 0 unspecified atom stereocenters. The van der Waals surface area contributed by atoms with Gasteiger partial charge < -0.3 is 0 Å². The summed E-state index contributed by atoms with van der Waals surface area (Å²) in [6.07, 6.45) is 0. The lowest BCUT2D eigenvalue weighted by Gasteiger charge is -2.01. The summed E-state index contributed by atoms with van der Waals surface area (Å²) in [4.78, 5) is 36.9. The number of nitro groups is 2. The van der Waals surface area contributed by atoms with Crippen LogP contribution in [0.3, 0.4) is 0 Å². The first-order chi connectivity index (χ1) is 12.4. The maximum absolute atomic E-state index is 12.2. The maximum Gasteiger partial charge on any atom is 0.270 e. The van der Waals surface area contributed by atoms with Crippen LogP contribution in [0.15, 0.2) is 53.9 Å². The minimum Gasteiger partial charge on any atom is -0.298 e. The van der Waals surface area contributed by atoms with E-state index in [1.165, 1.54) is 47.7 Å². The number of hydrogen-bond donors (Lipinski definition) is 1. The van der Waals surface area contributed by atoms with Crippen molar-refractivity contribution < 1.29 is 14.6 Å². The Balaban J connectivity index is 1.76. The van der Waals surface area contributed by atoms with Gasteiger partial charge in [0.25, 0.3) is 17.3 Å². The van der Waals surface area contributed by atoms with Crippen LogP contribution in [0.4, 0.5) is 16.5 Å². The molecule has 1 amide bonds. The minimum absolute atomic E-state index is 0.0248. The third-order valence-corrected chi connectivity index (χ3v) is 4.18. The molecule has 0 saturated heterocycles. The Labute approximate surface area is 150 Å². The largest absolute Gasteiger partial charge is 0.298 e. The first-order valence-corrected chi connectivity index (χ1v) is 8.08. The second-order valence-electron chi connectivity index (χ2n) is 5.10. The van der Waals surface area contributed by atoms with Crippen LogP contribution in [-0.2, 0) is 0 Å². The Morgan fingerprint density at radius 3 is 2.35 bits per heavy atom. The van der Waals surface area contributed by atoms with Crippen molar-refractivity contribution in [2.45, 2.75) is 0 Å². The number of nitrogens with one attached hydrogen (secondary N) is 1. The van der Waals surface area contributed by atoms with Crippen molar-refractivity contribution in [3.63, 3.8) is 0 Å². The average Bonchev–Trinajstić information content (AvgIpc) is 3.10. The van der Waals surface area contributed by atoms with Gasteiger partial charge in [-0.1, -0.05) is 6.07 Å². The molecule has 26 heavy (non-hydrogen) atoms. The van der Waals surface area contributed by atoms with Crippen LogP contribution in [0.5, 0.6) is 0 Å². The average molecular weight is 370 g/mol. The van der Waals surface area contributed by atoms with E-state index in [0.717, 1.165) is 0 Å². The fourth-order valence-corrected chi connectivity index (χ4v) is 2.86. The quantitative estimate of drug-likeness (QED) is 0.536. The molecule has 0 spiro atoms. The molecule has 0 saturated carbocycles. The molecule has 3 aromatic rings. The van der Waals surface area contributed by atoms with Gasteiger partial charge in [-0.25, -0.2) is 4.98 Å². The second kappa shape index (κ2) is 7.07. The lowest BCUT2D eigenvalue weighted by molar-refractivity contribution is -0.385. The molecular formula is C16H10N4O5S. The summed E-state index contributed by atoms with van der Waals surface area (Å²) < 4.78 is 0. The summed E-state index contributed by atoms with van der Waals surface area (Å²) in [6, 6.07) is 11.3. The number of benzene rings is 2. The molecule has 0 aliphatic carbocycles. The van der Waals surface area contributed by atoms with E-state index < -0.39 is 15.8 Å². The second-order valence-corrected chi connectivity index (χ2v) is 5.96. The molecule has 3 rings (SSSR count). The number of rotatable bonds is 5. The van der Waals surface area contributed by atoms with E-state index >= 15 is 0 Å². The molecule has 9 nitrogen and oxygen atoms in total. The lowest BCUT2D eigenvalue weighted by Crippen LogP contribution is -2.11. The molecule has 0 bridgehead atoms. The Kier molecular flexibility index (Phi) is 4.67. The Bertz CT molecular complexity index is 1000. The van der Waals surface area contributed by atoms with Crippen LogP contribution in [0.2, 0.25) is 0 Å². The molecule has 2 aromatic carbocycles. The van der Waals surface area contributed by atoms with Gasteiger partial charge in [-0.05, 0) is 18.2 Å². The van der Waals surface area contributed by atoms with E-state index in [9.17, 15) is 25.0 Å². The number of nitro benzene ring substituents is 2. The van der Waals surface area contributed by atoms with Gasteiger partial charge in [0.15, 0.2) is 5.13 Å². The molecule has 130 valence electrons. The molecule has 1 heterocycles. The van der Waals surface area contributed by atoms with Gasteiger partial charge in [0, 0.05) is 40.8 Å². The van der Waals surface area contributed by atoms with Crippen molar-refractivity contribution >= 4 is 33.8 Å². The number of carbonyl (C=O) groups is 1. The number of hydrogen-bond acceptors (Lipinski definition) is 7. The van der Waals surface area contributed by atoms with E-state index in [-0.39, 0.29) is 16.9 Å². The molecule has 1 N–H and O–H groups in total. The van der Waals surface area contributed by atoms with Gasteiger partial charge in [-0.2, -0.15) is 0 Å². The molecule has 10 heteroatoms. The van der Waals surface area contributed by atoms with Gasteiger partial charge in [-0.15, -0.1) is 11.3 Å². The third kappa shape index (κ3) is 3.70. The Morgan fingerprint density at radius 1 is 1.00 bits per heavy atom. The first kappa shape index (κ1) is 17.2. The molecule has 0 fully saturated rings. The SMILES string of the molecule is O=C(Nc1nc(-c2ccc([N+](=O)[O-])cc2)cs1)c1cccc([N+](=O)[O-])c1. The highest BCUT2D eigenvalue weighted by molar-refractivity contribution is 7.14. The van der Waals surface area contributed by atoms with Crippen molar-refractivity contribution in [1.29, 1.82) is 0 Å². The normalized spacial score (nSPS) is 10.3. The highest BCUT2D eigenvalue weighted by Crippen LogP contribution is 2.27. The number of nitrogens with zero attached hydrogens (tertiary/aromatic N) is 3. The third-order valence-electron chi connectivity index (χ3n) is 3.42. The zero-order chi connectivity index (χ0) is 18.7. The van der Waals surface area contributed by atoms with Gasteiger partial charge in [0.2, 0.25) is 0 Å². The van der Waals surface area contributed by atoms with Crippen LogP contribution in [0.25, 0.3) is 11.3 Å². The fourth-order valence-electron chi connectivity index (χ4n) is 2.15. The summed E-state index contributed by atoms with van der Waals surface area (Å²) >= 11 is 1.18. The zero-order valence-electron chi connectivity index (χ0n) is 13.0. The highest BCUT2D eigenvalue weighted by Gasteiger charge is 2.14. The zero-order valence-corrected chi connectivity index (χ0v) is 13.8. The molecular weight excluding hydrogens is 360 g/mol. The molecule has 0 atom stereocenters. The van der Waals surface area contributed by atoms with Crippen LogP contribution in [0, 0.1) is 20.2 Å². The maximum atomic E-state index is 12.2. The van der Waals surface area contributed by atoms with Crippen molar-refractivity contribution in [2.75, 3.05) is 5.32 Å². The number of anilines is 1. The van der Waals surface area contributed by atoms with Gasteiger partial charge in [0.1, 0.15) is 0 Å². The summed E-state index contributed by atoms with van der Waals surface area (Å²) in [5, 5.41) is 26.1. The molecule has 0 aliphatic rings. The van der Waals surface area contributed by atoms with Crippen LogP contribution < -0.4 is 5.32 Å². The van der Waals surface area contributed by atoms with Crippen LogP contribution in [-0.4, -0.2) is 20.7 Å². The van der Waals surface area contributed by atoms with Gasteiger partial charge in [-0.3, -0.25) is 30.3 Å². The fraction of sp³-hybridized carbons (Fsp3) is 0. The van der Waals surface area contributed by atoms with E-state index in [2.05, 4.69) is 10.3 Å². The first-order valence-electron chi connectivity index (χ1n) is 7.20. The van der Waals surface area contributed by atoms with Crippen LogP contribution in [0.1, 0.15) is 10.4 Å². The minimum atomic E-state index is -0.577. The van der Waals surface area contributed by atoms with Crippen LogP contribution >= 0.6 is 11.3 Å². The monoisotopic (exact) mass is 370 g/mol. The van der Waals surface area contributed by atoms with Crippen molar-refractivity contribution in [2.24, 2.45) is 0 Å². The van der Waals surface area contributed by atoms with E-state index in [1.54, 1.807) is 17.5 Å². The Hall–Kier alpha value is -3.66. The summed E-state index contributed by atoms with van der Waals surface area (Å²) in [5.74, 6) is -0.515. The van der Waals surface area contributed by atoms with Crippen molar-refractivity contribution in [3.05, 3.63) is 79.7 Å². The van der Waals surface area contributed by atoms with Gasteiger partial charge in [0.05, 0.1) is 15.5 Å². The van der Waals surface area contributed by atoms with Crippen molar-refractivity contribution in [3.8, 4) is 11.3 Å². The van der Waals surface area contributed by atoms with Crippen molar-refractivity contribution in [1.82, 2.24) is 4.98 Å². The van der Waals surface area contributed by atoms with E-state index in [0.29, 0.717) is 16.4 Å². The lowest BCUT2D eigenvalue weighted by atomic mass is 10.1. The van der Waals surface area contributed by atoms with Gasteiger partial charge >= 0.3 is 0 Å². The van der Waals surface area contributed by atoms with E-state index in [1.807, 2.05) is 0 Å². The smallest absolute Gasteiger partial charge is 0.270 e. The summed E-state index contributed by atoms with van der Waals surface area (Å²) in [5.41, 5.74) is 1.17. The number of amides is 1. The molecule has 1 aromatic heterocycles.